The Hall–Kier alpha value is -7.38. The Morgan fingerprint density at radius 1 is 0.377 bits per heavy atom. The van der Waals surface area contributed by atoms with Crippen LogP contribution in [0.2, 0.25) is 0 Å². The summed E-state index contributed by atoms with van der Waals surface area (Å²) in [5, 5.41) is 6.37. The predicted octanol–water partition coefficient (Wildman–Crippen LogP) is 11.2. The molecular weight excluding hydrogens is 653 g/mol. The third-order valence-corrected chi connectivity index (χ3v) is 10.5. The van der Waals surface area contributed by atoms with Crippen LogP contribution in [0.25, 0.3) is 99.8 Å². The number of para-hydroxylation sites is 4. The molecule has 53 heavy (non-hydrogen) atoms. The van der Waals surface area contributed by atoms with Gasteiger partial charge in [0.1, 0.15) is 11.5 Å². The molecule has 0 amide bonds. The first kappa shape index (κ1) is 28.3. The molecule has 5 heterocycles. The molecule has 0 unspecified atom stereocenters. The Balaban J connectivity index is 1.22. The maximum atomic E-state index is 6.31. The number of hydrogen-bond acceptors (Lipinski definition) is 5. The van der Waals surface area contributed by atoms with Crippen LogP contribution in [0.15, 0.2) is 158 Å². The van der Waals surface area contributed by atoms with Crippen LogP contribution >= 0.6 is 0 Å². The average Bonchev–Trinajstić information content (AvgIpc) is 3.74. The first-order chi connectivity index (χ1) is 26.3. The molecule has 4 aromatic heterocycles. The van der Waals surface area contributed by atoms with Crippen LogP contribution in [-0.2, 0) is 0 Å². The molecule has 0 radical (unpaired) electrons. The Bertz CT molecular complexity index is 3330. The zero-order valence-electron chi connectivity index (χ0n) is 28.1. The summed E-state index contributed by atoms with van der Waals surface area (Å²) in [6, 6.07) is 54.2. The molecule has 0 bridgehead atoms. The fourth-order valence-electron chi connectivity index (χ4n) is 8.30. The van der Waals surface area contributed by atoms with E-state index >= 15 is 0 Å². The van der Waals surface area contributed by atoms with Gasteiger partial charge in [0.25, 0.3) is 0 Å². The minimum Gasteiger partial charge on any atom is -0.456 e. The highest BCUT2D eigenvalue weighted by Crippen LogP contribution is 2.46. The largest absolute Gasteiger partial charge is 0.456 e. The van der Waals surface area contributed by atoms with Crippen molar-refractivity contribution in [3.05, 3.63) is 158 Å². The number of ether oxygens (including phenoxy) is 1. The summed E-state index contributed by atoms with van der Waals surface area (Å²) >= 11 is 0. The molecule has 7 aromatic carbocycles. The number of aromatic nitrogens is 6. The quantitative estimate of drug-likeness (QED) is 0.186. The first-order valence-electron chi connectivity index (χ1n) is 17.7. The van der Waals surface area contributed by atoms with Crippen LogP contribution in [0, 0.1) is 0 Å². The molecule has 7 nitrogen and oxygen atoms in total. The van der Waals surface area contributed by atoms with Crippen molar-refractivity contribution < 1.29 is 4.74 Å². The van der Waals surface area contributed by atoms with E-state index in [1.165, 1.54) is 0 Å². The molecule has 12 rings (SSSR count). The summed E-state index contributed by atoms with van der Waals surface area (Å²) in [6.07, 6.45) is 0. The van der Waals surface area contributed by atoms with Gasteiger partial charge in [-0.1, -0.05) is 109 Å². The lowest BCUT2D eigenvalue weighted by molar-refractivity contribution is 0.486. The highest BCUT2D eigenvalue weighted by Gasteiger charge is 2.26. The molecule has 0 fully saturated rings. The van der Waals surface area contributed by atoms with Gasteiger partial charge in [-0.05, 0) is 48.5 Å². The lowest BCUT2D eigenvalue weighted by Crippen LogP contribution is -2.06. The highest BCUT2D eigenvalue weighted by atomic mass is 16.5. The zero-order valence-corrected chi connectivity index (χ0v) is 28.1. The second-order valence-corrected chi connectivity index (χ2v) is 13.4. The maximum Gasteiger partial charge on any atom is 0.235 e. The topological polar surface area (TPSA) is 70.7 Å². The Kier molecular flexibility index (Phi) is 5.65. The number of fused-ring (bicyclic) bond motifs is 10. The molecule has 0 atom stereocenters. The van der Waals surface area contributed by atoms with Crippen molar-refractivity contribution in [2.45, 2.75) is 0 Å². The van der Waals surface area contributed by atoms with E-state index < -0.39 is 0 Å². The van der Waals surface area contributed by atoms with Gasteiger partial charge in [0, 0.05) is 38.1 Å². The summed E-state index contributed by atoms with van der Waals surface area (Å²) < 4.78 is 10.8. The zero-order chi connectivity index (χ0) is 34.6. The van der Waals surface area contributed by atoms with Crippen LogP contribution in [-0.4, -0.2) is 29.1 Å². The van der Waals surface area contributed by atoms with E-state index in [0.29, 0.717) is 11.9 Å². The summed E-state index contributed by atoms with van der Waals surface area (Å²) in [7, 11) is 0. The Labute approximate surface area is 302 Å². The summed E-state index contributed by atoms with van der Waals surface area (Å²) in [4.78, 5) is 21.2. The minimum atomic E-state index is 0.600. The molecule has 7 heteroatoms. The molecule has 0 aliphatic carbocycles. The molecular formula is C46H26N6O. The van der Waals surface area contributed by atoms with Gasteiger partial charge in [-0.2, -0.15) is 0 Å². The normalized spacial score (nSPS) is 12.3. The van der Waals surface area contributed by atoms with E-state index in [4.69, 9.17) is 24.7 Å². The van der Waals surface area contributed by atoms with Crippen molar-refractivity contribution >= 4 is 65.4 Å². The second-order valence-electron chi connectivity index (χ2n) is 13.4. The predicted molar refractivity (Wildman–Crippen MR) is 212 cm³/mol. The molecule has 0 N–H and O–H groups in total. The van der Waals surface area contributed by atoms with Gasteiger partial charge in [0.15, 0.2) is 0 Å². The fourth-order valence-corrected chi connectivity index (χ4v) is 8.30. The summed E-state index contributed by atoms with van der Waals surface area (Å²) in [6.45, 7) is 0. The molecule has 1 aliphatic heterocycles. The van der Waals surface area contributed by atoms with Crippen LogP contribution < -0.4 is 4.74 Å². The van der Waals surface area contributed by atoms with Crippen molar-refractivity contribution in [1.82, 2.24) is 29.1 Å². The van der Waals surface area contributed by atoms with Gasteiger partial charge in [0.2, 0.25) is 11.9 Å². The van der Waals surface area contributed by atoms with Crippen LogP contribution in [0.5, 0.6) is 11.5 Å². The number of hydrogen-bond donors (Lipinski definition) is 0. The Morgan fingerprint density at radius 2 is 1.02 bits per heavy atom. The van der Waals surface area contributed by atoms with Gasteiger partial charge < -0.3 is 4.74 Å². The maximum absolute atomic E-state index is 6.31. The third kappa shape index (κ3) is 3.93. The van der Waals surface area contributed by atoms with Gasteiger partial charge in [-0.3, -0.25) is 9.13 Å². The molecule has 1 aliphatic rings. The monoisotopic (exact) mass is 678 g/mol. The van der Waals surface area contributed by atoms with Crippen LogP contribution in [0.1, 0.15) is 0 Å². The second kappa shape index (κ2) is 10.6. The van der Waals surface area contributed by atoms with E-state index in [-0.39, 0.29) is 0 Å². The summed E-state index contributed by atoms with van der Waals surface area (Å²) in [5.74, 6) is 2.77. The number of benzene rings is 7. The van der Waals surface area contributed by atoms with Crippen molar-refractivity contribution in [3.63, 3.8) is 0 Å². The van der Waals surface area contributed by atoms with Crippen molar-refractivity contribution in [3.8, 4) is 45.9 Å². The average molecular weight is 679 g/mol. The van der Waals surface area contributed by atoms with Gasteiger partial charge in [-0.25, -0.2) is 19.9 Å². The van der Waals surface area contributed by atoms with E-state index in [2.05, 4.69) is 112 Å². The number of nitrogens with zero attached hydrogens (tertiary/aromatic N) is 6. The highest BCUT2D eigenvalue weighted by molar-refractivity contribution is 6.26. The first-order valence-corrected chi connectivity index (χ1v) is 17.7. The SMILES string of the molecule is c1ccc(-c2nc(-n3c4ccccc4c4ccc5c(c6ccccc6n5-c5nc6c7c(cccc7n5)Oc5ccccc5-6)c43)nc3ccccc23)cc1. The van der Waals surface area contributed by atoms with Gasteiger partial charge in [0.05, 0.1) is 49.9 Å². The molecule has 11 aromatic rings. The standard InChI is InChI=1S/C46H26N6O/c1-2-13-27(14-3-1)42-30-16-4-8-19-33(30)47-46(49-42)52-35-21-9-5-15-28(35)29-25-26-37-40(44(29)52)31-17-6-10-22-36(31)51(37)45-48-34-20-12-24-39-41(34)43(50-45)32-18-7-11-23-38(32)53-39/h1-26H. The van der Waals surface area contributed by atoms with Crippen LogP contribution in [0.3, 0.4) is 0 Å². The van der Waals surface area contributed by atoms with Crippen molar-refractivity contribution in [2.24, 2.45) is 0 Å². The van der Waals surface area contributed by atoms with E-state index in [1.54, 1.807) is 0 Å². The number of rotatable bonds is 3. The third-order valence-electron chi connectivity index (χ3n) is 10.5. The molecule has 0 saturated heterocycles. The van der Waals surface area contributed by atoms with Crippen molar-refractivity contribution in [2.75, 3.05) is 0 Å². The molecule has 246 valence electrons. The Morgan fingerprint density at radius 3 is 1.91 bits per heavy atom. The molecule has 0 saturated carbocycles. The van der Waals surface area contributed by atoms with Crippen molar-refractivity contribution in [1.29, 1.82) is 0 Å². The molecule has 0 spiro atoms. The van der Waals surface area contributed by atoms with E-state index in [9.17, 15) is 0 Å². The fraction of sp³-hybridized carbons (Fsp3) is 0. The van der Waals surface area contributed by atoms with Gasteiger partial charge >= 0.3 is 0 Å². The van der Waals surface area contributed by atoms with E-state index in [1.807, 2.05) is 54.6 Å². The van der Waals surface area contributed by atoms with Gasteiger partial charge in [-0.15, -0.1) is 0 Å². The summed E-state index contributed by atoms with van der Waals surface area (Å²) in [5.41, 5.74) is 9.56. The lowest BCUT2D eigenvalue weighted by Gasteiger charge is -2.20. The smallest absolute Gasteiger partial charge is 0.235 e. The lowest BCUT2D eigenvalue weighted by atomic mass is 10.0. The van der Waals surface area contributed by atoms with Crippen LogP contribution in [0.4, 0.5) is 0 Å². The minimum absolute atomic E-state index is 0.600. The van der Waals surface area contributed by atoms with E-state index in [0.717, 1.165) is 99.4 Å².